The van der Waals surface area contributed by atoms with E-state index < -0.39 is 0 Å². The Hall–Kier alpha value is -1.62. The van der Waals surface area contributed by atoms with Crippen LogP contribution in [0.2, 0.25) is 0 Å². The van der Waals surface area contributed by atoms with Crippen LogP contribution < -0.4 is 4.90 Å². The molecule has 0 atom stereocenters. The van der Waals surface area contributed by atoms with Gasteiger partial charge in [-0.2, -0.15) is 0 Å². The van der Waals surface area contributed by atoms with Gasteiger partial charge in [-0.3, -0.25) is 4.79 Å². The van der Waals surface area contributed by atoms with Crippen LogP contribution >= 0.6 is 0 Å². The Morgan fingerprint density at radius 3 is 2.56 bits per heavy atom. The molecule has 1 N–H and O–H groups in total. The first-order chi connectivity index (χ1) is 8.61. The molecule has 1 fully saturated rings. The third-order valence-electron chi connectivity index (χ3n) is 3.42. The van der Waals surface area contributed by atoms with E-state index in [-0.39, 0.29) is 12.5 Å². The number of piperazine rings is 1. The van der Waals surface area contributed by atoms with Gasteiger partial charge in [0.05, 0.1) is 6.61 Å². The first-order valence-electron chi connectivity index (χ1n) is 6.18. The minimum atomic E-state index is 0.0250. The van der Waals surface area contributed by atoms with Crippen LogP contribution in [0.4, 0.5) is 5.82 Å². The van der Waals surface area contributed by atoms with Gasteiger partial charge in [0.2, 0.25) is 5.91 Å². The van der Waals surface area contributed by atoms with E-state index in [4.69, 9.17) is 5.11 Å². The van der Waals surface area contributed by atoms with E-state index in [1.165, 1.54) is 0 Å². The van der Waals surface area contributed by atoms with E-state index in [9.17, 15) is 4.79 Å². The molecule has 0 unspecified atom stereocenters. The highest BCUT2D eigenvalue weighted by atomic mass is 16.3. The number of rotatable bonds is 2. The highest BCUT2D eigenvalue weighted by Crippen LogP contribution is 2.17. The second-order valence-corrected chi connectivity index (χ2v) is 4.62. The van der Waals surface area contributed by atoms with Crippen molar-refractivity contribution in [3.8, 4) is 0 Å². The zero-order chi connectivity index (χ0) is 13.1. The van der Waals surface area contributed by atoms with Crippen molar-refractivity contribution in [2.45, 2.75) is 20.5 Å². The lowest BCUT2D eigenvalue weighted by Gasteiger charge is -2.35. The van der Waals surface area contributed by atoms with Gasteiger partial charge in [0.15, 0.2) is 0 Å². The quantitative estimate of drug-likeness (QED) is 0.831. The van der Waals surface area contributed by atoms with Gasteiger partial charge in [0.25, 0.3) is 0 Å². The highest BCUT2D eigenvalue weighted by Gasteiger charge is 2.19. The maximum absolute atomic E-state index is 11.2. The summed E-state index contributed by atoms with van der Waals surface area (Å²) >= 11 is 0. The van der Waals surface area contributed by atoms with E-state index >= 15 is 0 Å². The molecule has 0 aliphatic carbocycles. The summed E-state index contributed by atoms with van der Waals surface area (Å²) < 4.78 is 0. The monoisotopic (exact) mass is 249 g/mol. The molecule has 0 saturated carbocycles. The van der Waals surface area contributed by atoms with Crippen molar-refractivity contribution in [2.24, 2.45) is 0 Å². The van der Waals surface area contributed by atoms with Gasteiger partial charge in [-0.15, -0.1) is 0 Å². The van der Waals surface area contributed by atoms with Gasteiger partial charge in [-0.05, 0) is 24.1 Å². The molecule has 0 bridgehead atoms. The smallest absolute Gasteiger partial charge is 0.219 e. The fourth-order valence-electron chi connectivity index (χ4n) is 2.16. The molecule has 5 heteroatoms. The Labute approximate surface area is 107 Å². The van der Waals surface area contributed by atoms with E-state index in [0.717, 1.165) is 43.1 Å². The van der Waals surface area contributed by atoms with Gasteiger partial charge in [0, 0.05) is 39.3 Å². The summed E-state index contributed by atoms with van der Waals surface area (Å²) in [4.78, 5) is 19.6. The zero-order valence-corrected chi connectivity index (χ0v) is 10.9. The molecule has 0 aromatic carbocycles. The molecule has 2 rings (SSSR count). The molecule has 1 aromatic heterocycles. The third-order valence-corrected chi connectivity index (χ3v) is 3.42. The average Bonchev–Trinajstić information content (AvgIpc) is 2.38. The summed E-state index contributed by atoms with van der Waals surface area (Å²) in [7, 11) is 0. The van der Waals surface area contributed by atoms with Crippen molar-refractivity contribution in [3.63, 3.8) is 0 Å². The molecule has 98 valence electrons. The number of carbonyl (C=O) groups is 1. The Morgan fingerprint density at radius 2 is 2.06 bits per heavy atom. The van der Waals surface area contributed by atoms with Crippen LogP contribution in [0.5, 0.6) is 0 Å². The van der Waals surface area contributed by atoms with Crippen LogP contribution in [0.1, 0.15) is 18.1 Å². The summed E-state index contributed by atoms with van der Waals surface area (Å²) in [5, 5.41) is 9.12. The number of amides is 1. The molecule has 1 saturated heterocycles. The van der Waals surface area contributed by atoms with Crippen LogP contribution in [-0.2, 0) is 11.4 Å². The normalized spacial score (nSPS) is 15.9. The molecular formula is C13H19N3O2. The summed E-state index contributed by atoms with van der Waals surface area (Å²) in [5.41, 5.74) is 1.91. The summed E-state index contributed by atoms with van der Waals surface area (Å²) in [6.45, 7) is 6.72. The SMILES string of the molecule is CC(=O)N1CCN(c2cc(C)c(CO)cn2)CC1. The van der Waals surface area contributed by atoms with Crippen molar-refractivity contribution < 1.29 is 9.90 Å². The van der Waals surface area contributed by atoms with Crippen LogP contribution in [0.15, 0.2) is 12.3 Å². The summed E-state index contributed by atoms with van der Waals surface area (Å²) in [5.74, 6) is 1.06. The number of anilines is 1. The Kier molecular flexibility index (Phi) is 3.81. The standard InChI is InChI=1S/C13H19N3O2/c1-10-7-13(14-8-12(10)9-17)16-5-3-15(4-6-16)11(2)18/h7-8,17H,3-6,9H2,1-2H3. The first-order valence-corrected chi connectivity index (χ1v) is 6.18. The Morgan fingerprint density at radius 1 is 1.39 bits per heavy atom. The van der Waals surface area contributed by atoms with E-state index in [1.54, 1.807) is 13.1 Å². The molecule has 1 aromatic rings. The van der Waals surface area contributed by atoms with Gasteiger partial charge in [0.1, 0.15) is 5.82 Å². The molecule has 18 heavy (non-hydrogen) atoms. The van der Waals surface area contributed by atoms with Crippen LogP contribution in [0.3, 0.4) is 0 Å². The largest absolute Gasteiger partial charge is 0.392 e. The Balaban J connectivity index is 2.05. The number of hydrogen-bond acceptors (Lipinski definition) is 4. The third kappa shape index (κ3) is 2.61. The van der Waals surface area contributed by atoms with E-state index in [0.29, 0.717) is 0 Å². The molecule has 0 spiro atoms. The number of hydrogen-bond donors (Lipinski definition) is 1. The predicted molar refractivity (Wildman–Crippen MR) is 69.4 cm³/mol. The average molecular weight is 249 g/mol. The number of pyridine rings is 1. The van der Waals surface area contributed by atoms with Crippen molar-refractivity contribution in [1.82, 2.24) is 9.88 Å². The van der Waals surface area contributed by atoms with Gasteiger partial charge < -0.3 is 14.9 Å². The Bertz CT molecular complexity index is 440. The molecule has 1 aliphatic rings. The van der Waals surface area contributed by atoms with Crippen LogP contribution in [-0.4, -0.2) is 47.1 Å². The lowest BCUT2D eigenvalue weighted by atomic mass is 10.1. The number of aliphatic hydroxyl groups is 1. The number of aryl methyl sites for hydroxylation is 1. The van der Waals surface area contributed by atoms with Gasteiger partial charge >= 0.3 is 0 Å². The number of aromatic nitrogens is 1. The maximum Gasteiger partial charge on any atom is 0.219 e. The minimum Gasteiger partial charge on any atom is -0.392 e. The lowest BCUT2D eigenvalue weighted by Crippen LogP contribution is -2.48. The molecule has 5 nitrogen and oxygen atoms in total. The fourth-order valence-corrected chi connectivity index (χ4v) is 2.16. The summed E-state index contributed by atoms with van der Waals surface area (Å²) in [6.07, 6.45) is 1.72. The molecule has 2 heterocycles. The minimum absolute atomic E-state index is 0.0250. The predicted octanol–water partition coefficient (Wildman–Crippen LogP) is 0.551. The molecule has 0 radical (unpaired) electrons. The lowest BCUT2D eigenvalue weighted by molar-refractivity contribution is -0.129. The first kappa shape index (κ1) is 12.8. The number of carbonyl (C=O) groups excluding carboxylic acids is 1. The number of aliphatic hydroxyl groups excluding tert-OH is 1. The van der Waals surface area contributed by atoms with Crippen LogP contribution in [0, 0.1) is 6.92 Å². The number of nitrogens with zero attached hydrogens (tertiary/aromatic N) is 3. The van der Waals surface area contributed by atoms with E-state index in [1.807, 2.05) is 17.9 Å². The molecule has 1 aliphatic heterocycles. The zero-order valence-electron chi connectivity index (χ0n) is 10.9. The van der Waals surface area contributed by atoms with Crippen molar-refractivity contribution in [2.75, 3.05) is 31.1 Å². The van der Waals surface area contributed by atoms with Gasteiger partial charge in [-0.25, -0.2) is 4.98 Å². The topological polar surface area (TPSA) is 56.7 Å². The fraction of sp³-hybridized carbons (Fsp3) is 0.538. The molecule has 1 amide bonds. The summed E-state index contributed by atoms with van der Waals surface area (Å²) in [6, 6.07) is 2.00. The highest BCUT2D eigenvalue weighted by molar-refractivity contribution is 5.73. The van der Waals surface area contributed by atoms with Crippen molar-refractivity contribution in [3.05, 3.63) is 23.4 Å². The second kappa shape index (κ2) is 5.35. The van der Waals surface area contributed by atoms with Crippen LogP contribution in [0.25, 0.3) is 0 Å². The van der Waals surface area contributed by atoms with Gasteiger partial charge in [-0.1, -0.05) is 0 Å². The van der Waals surface area contributed by atoms with E-state index in [2.05, 4.69) is 9.88 Å². The second-order valence-electron chi connectivity index (χ2n) is 4.62. The maximum atomic E-state index is 11.2. The van der Waals surface area contributed by atoms with Crippen molar-refractivity contribution in [1.29, 1.82) is 0 Å². The molecular weight excluding hydrogens is 230 g/mol. The van der Waals surface area contributed by atoms with Crippen molar-refractivity contribution >= 4 is 11.7 Å².